The number of carbonyl (C=O) groups excluding carboxylic acids is 1. The van der Waals surface area contributed by atoms with E-state index < -0.39 is 0 Å². The van der Waals surface area contributed by atoms with Gasteiger partial charge in [-0.05, 0) is 56.1 Å². The van der Waals surface area contributed by atoms with Crippen LogP contribution in [0.3, 0.4) is 0 Å². The molecular weight excluding hydrogens is 524 g/mol. The lowest BCUT2D eigenvalue weighted by molar-refractivity contribution is 0.00336. The smallest absolute Gasteiger partial charge is 0.165 e. The Bertz CT molecular complexity index is 1400. The summed E-state index contributed by atoms with van der Waals surface area (Å²) in [6.45, 7) is 9.99. The Morgan fingerprint density at radius 3 is 2.77 bits per heavy atom. The largest absolute Gasteiger partial charge is 0.394 e. The molecule has 0 unspecified atom stereocenters. The second-order valence-electron chi connectivity index (χ2n) is 9.87. The number of carbonyl (C=O) groups is 1. The Morgan fingerprint density at radius 2 is 2.05 bits per heavy atom. The number of Topliss-reactive ketones (excluding diaryl/α,β-unsaturated/α-hetero) is 1. The summed E-state index contributed by atoms with van der Waals surface area (Å²) in [4.78, 5) is 29.0. The number of ether oxygens (including phenoxy) is 1. The molecule has 4 aromatic rings. The van der Waals surface area contributed by atoms with Gasteiger partial charge in [-0.25, -0.2) is 14.5 Å². The van der Waals surface area contributed by atoms with Crippen LogP contribution in [0.25, 0.3) is 27.5 Å². The standard InChI is InChI=1S/C29H36N6O3S.CH4/c1-4-33(5-2)20(3)8-9-26(37)21-15-25(31-28(16-21)34-12-13-38-22(18-34)19-36)23-17-30-35-11-10-24(32-29(23)35)27-7-6-14-39-27;/h6-7,10-11,14-17,20,22,36H,4-5,8-9,12-13,18-19H2,1-3H3;1H4/t20-,22-;/m0./s1. The number of hydrogen-bond donors (Lipinski definition) is 1. The highest BCUT2D eigenvalue weighted by atomic mass is 32.1. The van der Waals surface area contributed by atoms with Gasteiger partial charge in [-0.1, -0.05) is 27.3 Å². The summed E-state index contributed by atoms with van der Waals surface area (Å²) in [6, 6.07) is 10.1. The van der Waals surface area contributed by atoms with Crippen LogP contribution in [0.1, 0.15) is 51.4 Å². The number of thiophene rings is 1. The molecule has 1 aliphatic heterocycles. The zero-order valence-electron chi connectivity index (χ0n) is 22.8. The normalized spacial score (nSPS) is 16.3. The molecule has 0 amide bonds. The molecule has 0 aromatic carbocycles. The minimum absolute atomic E-state index is 0. The van der Waals surface area contributed by atoms with Crippen molar-refractivity contribution in [1.82, 2.24) is 24.5 Å². The van der Waals surface area contributed by atoms with Crippen LogP contribution in [0.5, 0.6) is 0 Å². The maximum Gasteiger partial charge on any atom is 0.165 e. The number of ketones is 1. The Kier molecular flexibility index (Phi) is 10.0. The third-order valence-corrected chi connectivity index (χ3v) is 8.34. The van der Waals surface area contributed by atoms with Crippen molar-refractivity contribution < 1.29 is 14.6 Å². The van der Waals surface area contributed by atoms with E-state index in [9.17, 15) is 9.90 Å². The van der Waals surface area contributed by atoms with Gasteiger partial charge >= 0.3 is 0 Å². The lowest BCUT2D eigenvalue weighted by Gasteiger charge is -2.33. The molecule has 0 bridgehead atoms. The number of aliphatic hydroxyl groups is 1. The maximum absolute atomic E-state index is 13.5. The molecule has 0 aliphatic carbocycles. The second kappa shape index (κ2) is 13.5. The number of pyridine rings is 1. The monoisotopic (exact) mass is 564 g/mol. The van der Waals surface area contributed by atoms with Crippen molar-refractivity contribution in [3.05, 3.63) is 53.7 Å². The van der Waals surface area contributed by atoms with Crippen molar-refractivity contribution in [3.8, 4) is 21.8 Å². The molecule has 1 saturated heterocycles. The molecule has 1 fully saturated rings. The van der Waals surface area contributed by atoms with E-state index in [4.69, 9.17) is 14.7 Å². The summed E-state index contributed by atoms with van der Waals surface area (Å²) >= 11 is 1.64. The molecule has 40 heavy (non-hydrogen) atoms. The van der Waals surface area contributed by atoms with Gasteiger partial charge in [0.05, 0.1) is 47.3 Å². The Morgan fingerprint density at radius 1 is 1.23 bits per heavy atom. The number of hydrogen-bond acceptors (Lipinski definition) is 9. The van der Waals surface area contributed by atoms with E-state index in [1.807, 2.05) is 41.9 Å². The van der Waals surface area contributed by atoms with Gasteiger partial charge in [0.25, 0.3) is 0 Å². The first-order chi connectivity index (χ1) is 19.0. The highest BCUT2D eigenvalue weighted by molar-refractivity contribution is 7.13. The molecule has 10 heteroatoms. The van der Waals surface area contributed by atoms with Crippen LogP contribution in [-0.4, -0.2) is 86.9 Å². The number of morpholine rings is 1. The highest BCUT2D eigenvalue weighted by Crippen LogP contribution is 2.30. The summed E-state index contributed by atoms with van der Waals surface area (Å²) in [5, 5.41) is 16.2. The summed E-state index contributed by atoms with van der Waals surface area (Å²) < 4.78 is 7.40. The van der Waals surface area contributed by atoms with Gasteiger partial charge in [0.1, 0.15) is 5.82 Å². The number of fused-ring (bicyclic) bond motifs is 1. The van der Waals surface area contributed by atoms with E-state index in [1.165, 1.54) is 0 Å². The van der Waals surface area contributed by atoms with Crippen LogP contribution in [0.2, 0.25) is 0 Å². The highest BCUT2D eigenvalue weighted by Gasteiger charge is 2.24. The topological polar surface area (TPSA) is 96.1 Å². The fraction of sp³-hybridized carbons (Fsp3) is 0.467. The number of anilines is 1. The van der Waals surface area contributed by atoms with Crippen LogP contribution < -0.4 is 4.90 Å². The third-order valence-electron chi connectivity index (χ3n) is 7.44. The van der Waals surface area contributed by atoms with E-state index in [2.05, 4.69) is 35.7 Å². The van der Waals surface area contributed by atoms with Crippen molar-refractivity contribution in [2.24, 2.45) is 0 Å². The van der Waals surface area contributed by atoms with Gasteiger partial charge in [-0.15, -0.1) is 11.3 Å². The van der Waals surface area contributed by atoms with Gasteiger partial charge in [0.15, 0.2) is 11.4 Å². The van der Waals surface area contributed by atoms with Crippen molar-refractivity contribution in [2.75, 3.05) is 44.3 Å². The molecule has 5 rings (SSSR count). The molecule has 5 heterocycles. The summed E-state index contributed by atoms with van der Waals surface area (Å²) in [5.41, 5.74) is 3.62. The SMILES string of the molecule is C.CCN(CC)[C@@H](C)CCC(=O)c1cc(-c2cnn3ccc(-c4cccs4)nc23)nc(N2CCO[C@H](CO)C2)c1. The van der Waals surface area contributed by atoms with E-state index in [1.54, 1.807) is 22.0 Å². The van der Waals surface area contributed by atoms with Crippen molar-refractivity contribution in [3.63, 3.8) is 0 Å². The van der Waals surface area contributed by atoms with Crippen LogP contribution in [0, 0.1) is 0 Å². The zero-order valence-corrected chi connectivity index (χ0v) is 23.6. The Balaban J connectivity index is 0.00000370. The summed E-state index contributed by atoms with van der Waals surface area (Å²) in [6.07, 6.45) is 4.63. The van der Waals surface area contributed by atoms with Gasteiger partial charge in [-0.2, -0.15) is 5.10 Å². The quantitative estimate of drug-likeness (QED) is 0.253. The minimum Gasteiger partial charge on any atom is -0.394 e. The first kappa shape index (κ1) is 29.8. The minimum atomic E-state index is -0.287. The Hall–Kier alpha value is -3.18. The molecule has 1 N–H and O–H groups in total. The molecule has 0 saturated carbocycles. The van der Waals surface area contributed by atoms with E-state index >= 15 is 0 Å². The van der Waals surface area contributed by atoms with E-state index in [0.717, 1.165) is 35.6 Å². The lowest BCUT2D eigenvalue weighted by Crippen LogP contribution is -2.44. The van der Waals surface area contributed by atoms with Gasteiger partial charge in [-0.3, -0.25) is 4.79 Å². The predicted molar refractivity (Wildman–Crippen MR) is 161 cm³/mol. The number of aromatic nitrogens is 4. The van der Waals surface area contributed by atoms with Gasteiger partial charge in [0.2, 0.25) is 0 Å². The fourth-order valence-electron chi connectivity index (χ4n) is 5.14. The van der Waals surface area contributed by atoms with Crippen LogP contribution in [-0.2, 0) is 4.74 Å². The lowest BCUT2D eigenvalue weighted by atomic mass is 10.0. The van der Waals surface area contributed by atoms with Gasteiger partial charge in [0, 0.05) is 37.3 Å². The van der Waals surface area contributed by atoms with Crippen molar-refractivity contribution >= 4 is 28.6 Å². The van der Waals surface area contributed by atoms with Crippen LogP contribution in [0.4, 0.5) is 5.82 Å². The molecule has 214 valence electrons. The first-order valence-electron chi connectivity index (χ1n) is 13.7. The second-order valence-corrected chi connectivity index (χ2v) is 10.8. The van der Waals surface area contributed by atoms with Crippen LogP contribution >= 0.6 is 11.3 Å². The van der Waals surface area contributed by atoms with E-state index in [0.29, 0.717) is 54.9 Å². The first-order valence-corrected chi connectivity index (χ1v) is 14.5. The van der Waals surface area contributed by atoms with Crippen molar-refractivity contribution in [2.45, 2.75) is 53.2 Å². The number of aliphatic hydroxyl groups excluding tert-OH is 1. The average molecular weight is 565 g/mol. The Labute approximate surface area is 240 Å². The number of rotatable bonds is 11. The molecule has 0 spiro atoms. The molecule has 9 nitrogen and oxygen atoms in total. The van der Waals surface area contributed by atoms with Crippen LogP contribution in [0.15, 0.2) is 48.1 Å². The molecule has 4 aromatic heterocycles. The third kappa shape index (κ3) is 6.41. The summed E-state index contributed by atoms with van der Waals surface area (Å²) in [5.74, 6) is 0.790. The molecule has 2 atom stereocenters. The zero-order chi connectivity index (χ0) is 27.4. The predicted octanol–water partition coefficient (Wildman–Crippen LogP) is 5.05. The molecular formula is C30H40N6O3S. The average Bonchev–Trinajstić information content (AvgIpc) is 3.66. The van der Waals surface area contributed by atoms with Crippen molar-refractivity contribution in [1.29, 1.82) is 0 Å². The fourth-order valence-corrected chi connectivity index (χ4v) is 5.84. The van der Waals surface area contributed by atoms with Gasteiger partial charge < -0.3 is 19.6 Å². The van der Waals surface area contributed by atoms with E-state index in [-0.39, 0.29) is 25.9 Å². The summed E-state index contributed by atoms with van der Waals surface area (Å²) in [7, 11) is 0. The number of nitrogens with zero attached hydrogens (tertiary/aromatic N) is 6. The molecule has 0 radical (unpaired) electrons. The molecule has 1 aliphatic rings. The maximum atomic E-state index is 13.5.